The molecule has 1 heterocycles. The van der Waals surface area contributed by atoms with Gasteiger partial charge in [-0.2, -0.15) is 0 Å². The second-order valence-corrected chi connectivity index (χ2v) is 8.88. The van der Waals surface area contributed by atoms with Gasteiger partial charge < -0.3 is 14.8 Å². The van der Waals surface area contributed by atoms with E-state index in [9.17, 15) is 13.2 Å². The van der Waals surface area contributed by atoms with Gasteiger partial charge in [0.05, 0.1) is 4.90 Å². The number of fused-ring (bicyclic) bond motifs is 1. The minimum absolute atomic E-state index is 0.0491. The Kier molecular flexibility index (Phi) is 7.91. The minimum Gasteiger partial charge on any atom is -0.486 e. The Balaban J connectivity index is 1.70. The van der Waals surface area contributed by atoms with E-state index in [1.807, 2.05) is 6.92 Å². The lowest BCUT2D eigenvalue weighted by molar-refractivity contribution is -0.122. The zero-order valence-electron chi connectivity index (χ0n) is 16.3. The van der Waals surface area contributed by atoms with Crippen LogP contribution in [-0.2, 0) is 14.8 Å². The summed E-state index contributed by atoms with van der Waals surface area (Å²) in [6.45, 7) is 7.34. The lowest BCUT2D eigenvalue weighted by Crippen LogP contribution is -2.35. The third-order valence-corrected chi connectivity index (χ3v) is 6.04. The third kappa shape index (κ3) is 6.70. The van der Waals surface area contributed by atoms with Gasteiger partial charge in [0.2, 0.25) is 15.9 Å². The summed E-state index contributed by atoms with van der Waals surface area (Å²) in [6, 6.07) is 4.77. The maximum atomic E-state index is 12.4. The highest BCUT2D eigenvalue weighted by Crippen LogP contribution is 2.32. The molecule has 1 aromatic rings. The Labute approximate surface area is 161 Å². The molecule has 152 valence electrons. The molecule has 1 aliphatic heterocycles. The molecule has 0 saturated carbocycles. The number of amides is 1. The number of hydrogen-bond acceptors (Lipinski definition) is 5. The maximum absolute atomic E-state index is 12.4. The van der Waals surface area contributed by atoms with E-state index in [2.05, 4.69) is 23.9 Å². The van der Waals surface area contributed by atoms with Crippen LogP contribution in [0, 0.1) is 5.92 Å². The second kappa shape index (κ2) is 9.94. The molecular formula is C19H30N2O5S. The van der Waals surface area contributed by atoms with E-state index >= 15 is 0 Å². The molecule has 0 radical (unpaired) electrons. The molecule has 1 aromatic carbocycles. The molecule has 0 spiro atoms. The molecule has 27 heavy (non-hydrogen) atoms. The van der Waals surface area contributed by atoms with E-state index in [1.165, 1.54) is 12.1 Å². The predicted octanol–water partition coefficient (Wildman–Crippen LogP) is 2.46. The molecule has 0 aromatic heterocycles. The fourth-order valence-electron chi connectivity index (χ4n) is 2.56. The Hall–Kier alpha value is -1.80. The van der Waals surface area contributed by atoms with Crippen LogP contribution < -0.4 is 19.5 Å². The average molecular weight is 399 g/mol. The van der Waals surface area contributed by atoms with Gasteiger partial charge in [-0.1, -0.05) is 20.3 Å². The van der Waals surface area contributed by atoms with E-state index < -0.39 is 10.0 Å². The van der Waals surface area contributed by atoms with Crippen LogP contribution in [0.3, 0.4) is 0 Å². The quantitative estimate of drug-likeness (QED) is 0.591. The summed E-state index contributed by atoms with van der Waals surface area (Å²) in [5.41, 5.74) is 0. The van der Waals surface area contributed by atoms with Gasteiger partial charge in [-0.05, 0) is 37.8 Å². The van der Waals surface area contributed by atoms with E-state index in [1.54, 1.807) is 6.07 Å². The number of benzene rings is 1. The summed E-state index contributed by atoms with van der Waals surface area (Å²) < 4.78 is 38.2. The number of unbranched alkanes of at least 4 members (excludes halogenated alkanes) is 2. The molecule has 2 rings (SSSR count). The lowest BCUT2D eigenvalue weighted by Gasteiger charge is -2.19. The first-order chi connectivity index (χ1) is 12.8. The lowest BCUT2D eigenvalue weighted by atomic mass is 10.1. The van der Waals surface area contributed by atoms with Crippen LogP contribution in [-0.4, -0.2) is 40.1 Å². The molecule has 1 aliphatic rings. The number of hydrogen-bond donors (Lipinski definition) is 2. The molecule has 0 fully saturated rings. The summed E-state index contributed by atoms with van der Waals surface area (Å²) in [5, 5.41) is 2.97. The van der Waals surface area contributed by atoms with Crippen molar-refractivity contribution < 1.29 is 22.7 Å². The number of rotatable bonds is 10. The van der Waals surface area contributed by atoms with Gasteiger partial charge >= 0.3 is 0 Å². The van der Waals surface area contributed by atoms with E-state index in [0.717, 1.165) is 12.8 Å². The number of carbonyl (C=O) groups is 1. The topological polar surface area (TPSA) is 93.7 Å². The van der Waals surface area contributed by atoms with Crippen LogP contribution in [0.25, 0.3) is 0 Å². The molecule has 1 amide bonds. The predicted molar refractivity (Wildman–Crippen MR) is 104 cm³/mol. The third-order valence-electron chi connectivity index (χ3n) is 4.59. The van der Waals surface area contributed by atoms with Crippen LogP contribution in [0.1, 0.15) is 46.5 Å². The summed E-state index contributed by atoms with van der Waals surface area (Å²) in [5.74, 6) is 1.47. The van der Waals surface area contributed by atoms with Gasteiger partial charge in [0.15, 0.2) is 11.5 Å². The molecule has 0 bridgehead atoms. The van der Waals surface area contributed by atoms with E-state index in [0.29, 0.717) is 50.0 Å². The Bertz CT molecular complexity index is 734. The summed E-state index contributed by atoms with van der Waals surface area (Å²) in [6.07, 6.45) is 2.66. The molecular weight excluding hydrogens is 368 g/mol. The Morgan fingerprint density at radius 3 is 2.48 bits per heavy atom. The summed E-state index contributed by atoms with van der Waals surface area (Å²) in [4.78, 5) is 12.0. The van der Waals surface area contributed by atoms with Crippen LogP contribution in [0.4, 0.5) is 0 Å². The number of sulfonamides is 1. The first kappa shape index (κ1) is 21.5. The van der Waals surface area contributed by atoms with Crippen molar-refractivity contribution >= 4 is 15.9 Å². The molecule has 2 N–H and O–H groups in total. The largest absolute Gasteiger partial charge is 0.486 e. The van der Waals surface area contributed by atoms with Gasteiger partial charge in [-0.3, -0.25) is 4.79 Å². The van der Waals surface area contributed by atoms with Crippen molar-refractivity contribution in [1.29, 1.82) is 0 Å². The Morgan fingerprint density at radius 2 is 1.78 bits per heavy atom. The fraction of sp³-hybridized carbons (Fsp3) is 0.632. The van der Waals surface area contributed by atoms with Crippen LogP contribution >= 0.6 is 0 Å². The molecule has 0 aliphatic carbocycles. The van der Waals surface area contributed by atoms with Crippen molar-refractivity contribution in [1.82, 2.24) is 10.0 Å². The fourth-order valence-corrected chi connectivity index (χ4v) is 3.65. The normalized spacial score (nSPS) is 14.8. The van der Waals surface area contributed by atoms with Gasteiger partial charge in [-0.15, -0.1) is 0 Å². The first-order valence-corrected chi connectivity index (χ1v) is 11.0. The van der Waals surface area contributed by atoms with Crippen LogP contribution in [0.15, 0.2) is 23.1 Å². The van der Waals surface area contributed by atoms with Crippen molar-refractivity contribution in [3.63, 3.8) is 0 Å². The SMILES string of the molecule is CC(C)[C@@H](C)NC(=O)CCCCCNS(=O)(=O)c1ccc2c(c1)OCCO2. The minimum atomic E-state index is -3.59. The highest BCUT2D eigenvalue weighted by Gasteiger charge is 2.19. The van der Waals surface area contributed by atoms with Crippen molar-refractivity contribution in [3.05, 3.63) is 18.2 Å². The van der Waals surface area contributed by atoms with Gasteiger partial charge in [-0.25, -0.2) is 13.1 Å². The van der Waals surface area contributed by atoms with Crippen LogP contribution in [0.5, 0.6) is 11.5 Å². The van der Waals surface area contributed by atoms with E-state index in [4.69, 9.17) is 9.47 Å². The first-order valence-electron chi connectivity index (χ1n) is 9.48. The highest BCUT2D eigenvalue weighted by molar-refractivity contribution is 7.89. The van der Waals surface area contributed by atoms with E-state index in [-0.39, 0.29) is 16.8 Å². The molecule has 0 saturated heterocycles. The van der Waals surface area contributed by atoms with Crippen molar-refractivity contribution in [2.24, 2.45) is 5.92 Å². The summed E-state index contributed by atoms with van der Waals surface area (Å²) >= 11 is 0. The van der Waals surface area contributed by atoms with Gasteiger partial charge in [0, 0.05) is 25.1 Å². The molecule has 0 unspecified atom stereocenters. The van der Waals surface area contributed by atoms with Crippen LogP contribution in [0.2, 0.25) is 0 Å². The monoisotopic (exact) mass is 398 g/mol. The zero-order chi connectivity index (χ0) is 19.9. The summed E-state index contributed by atoms with van der Waals surface area (Å²) in [7, 11) is -3.59. The van der Waals surface area contributed by atoms with Gasteiger partial charge in [0.25, 0.3) is 0 Å². The smallest absolute Gasteiger partial charge is 0.240 e. The standard InChI is InChI=1S/C19H30N2O5S/c1-14(2)15(3)21-19(22)7-5-4-6-10-20-27(23,24)16-8-9-17-18(13-16)26-12-11-25-17/h8-9,13-15,20H,4-7,10-12H2,1-3H3,(H,21,22)/t15-/m1/s1. The highest BCUT2D eigenvalue weighted by atomic mass is 32.2. The maximum Gasteiger partial charge on any atom is 0.240 e. The van der Waals surface area contributed by atoms with Crippen molar-refractivity contribution in [2.45, 2.75) is 57.4 Å². The Morgan fingerprint density at radius 1 is 1.07 bits per heavy atom. The van der Waals surface area contributed by atoms with Gasteiger partial charge in [0.1, 0.15) is 13.2 Å². The molecule has 8 heteroatoms. The number of ether oxygens (including phenoxy) is 2. The molecule has 1 atom stereocenters. The molecule has 7 nitrogen and oxygen atoms in total. The zero-order valence-corrected chi connectivity index (χ0v) is 17.1. The second-order valence-electron chi connectivity index (χ2n) is 7.11. The van der Waals surface area contributed by atoms with Crippen molar-refractivity contribution in [2.75, 3.05) is 19.8 Å². The van der Waals surface area contributed by atoms with Crippen molar-refractivity contribution in [3.8, 4) is 11.5 Å². The average Bonchev–Trinajstić information content (AvgIpc) is 2.64. The number of nitrogens with one attached hydrogen (secondary N) is 2. The number of carbonyl (C=O) groups excluding carboxylic acids is 1.